The number of anilines is 1. The fourth-order valence-corrected chi connectivity index (χ4v) is 4.65. The number of aromatic amines is 1. The van der Waals surface area contributed by atoms with Crippen molar-refractivity contribution in [3.8, 4) is 0 Å². The molecule has 4 N–H and O–H groups in total. The van der Waals surface area contributed by atoms with E-state index in [1.165, 1.54) is 4.57 Å². The Labute approximate surface area is 153 Å². The smallest absolute Gasteiger partial charge is 0.311 e. The first-order valence-corrected chi connectivity index (χ1v) is 9.77. The Hall–Kier alpha value is -1.75. The van der Waals surface area contributed by atoms with Gasteiger partial charge >= 0.3 is 4.87 Å². The topological polar surface area (TPSA) is 121 Å². The largest absolute Gasteiger partial charge is 0.390 e. The Kier molecular flexibility index (Phi) is 4.59. The zero-order valence-corrected chi connectivity index (χ0v) is 15.5. The summed E-state index contributed by atoms with van der Waals surface area (Å²) in [6.07, 6.45) is -0.274. The summed E-state index contributed by atoms with van der Waals surface area (Å²) in [5.41, 5.74) is 0.000262. The minimum atomic E-state index is -0.586. The van der Waals surface area contributed by atoms with Gasteiger partial charge in [0.05, 0.1) is 12.2 Å². The second-order valence-corrected chi connectivity index (χ2v) is 7.88. The van der Waals surface area contributed by atoms with Gasteiger partial charge in [0, 0.05) is 25.0 Å². The molecule has 9 nitrogen and oxygen atoms in total. The summed E-state index contributed by atoms with van der Waals surface area (Å²) in [5.74, 6) is 0.324. The molecule has 26 heavy (non-hydrogen) atoms. The number of fused-ring (bicyclic) bond motifs is 3. The van der Waals surface area contributed by atoms with E-state index in [1.807, 2.05) is 6.92 Å². The second-order valence-electron chi connectivity index (χ2n) is 6.92. The molecule has 0 spiro atoms. The lowest BCUT2D eigenvalue weighted by atomic mass is 9.93. The van der Waals surface area contributed by atoms with Gasteiger partial charge in [-0.05, 0) is 19.8 Å². The fraction of sp³-hybridized carbons (Fsp3) is 0.688. The molecule has 2 bridgehead atoms. The first kappa shape index (κ1) is 17.7. The Morgan fingerprint density at radius 3 is 3.00 bits per heavy atom. The molecule has 4 heterocycles. The third kappa shape index (κ3) is 2.86. The highest BCUT2D eigenvalue weighted by atomic mass is 32.1. The maximum atomic E-state index is 12.7. The molecular formula is C16H23N5O4S. The summed E-state index contributed by atoms with van der Waals surface area (Å²) in [6.45, 7) is 5.23. The molecule has 0 unspecified atom stereocenters. The quantitative estimate of drug-likeness (QED) is 0.587. The van der Waals surface area contributed by atoms with Crippen molar-refractivity contribution in [2.24, 2.45) is 5.92 Å². The summed E-state index contributed by atoms with van der Waals surface area (Å²) in [7, 11) is 0. The minimum Gasteiger partial charge on any atom is -0.390 e. The molecule has 0 saturated carbocycles. The van der Waals surface area contributed by atoms with E-state index in [9.17, 15) is 14.7 Å². The van der Waals surface area contributed by atoms with Gasteiger partial charge in [-0.25, -0.2) is 0 Å². The zero-order valence-electron chi connectivity index (χ0n) is 14.7. The van der Waals surface area contributed by atoms with E-state index in [2.05, 4.69) is 27.5 Å². The maximum absolute atomic E-state index is 12.7. The van der Waals surface area contributed by atoms with Crippen LogP contribution < -0.4 is 21.1 Å². The van der Waals surface area contributed by atoms with E-state index < -0.39 is 12.3 Å². The standard InChI is InChI=1S/C16H23N5O4S/c1-3-9(22)10-6-8-7(2)17-4-5-18-15-19-12-11(13(23)20-15)26-16(24)21(12)14(8)25-10/h7-10,14,17,22H,3-6H2,1-2H3,(H2,18,19,20,23)/t7-,8+,9+,10+,14-/m1/s1. The Bertz CT molecular complexity index is 921. The molecule has 0 radical (unpaired) electrons. The average Bonchev–Trinajstić information content (AvgIpc) is 3.18. The Morgan fingerprint density at radius 2 is 2.23 bits per heavy atom. The summed E-state index contributed by atoms with van der Waals surface area (Å²) < 4.78 is 7.91. The van der Waals surface area contributed by atoms with Gasteiger partial charge in [0.2, 0.25) is 5.95 Å². The summed E-state index contributed by atoms with van der Waals surface area (Å²) in [4.78, 5) is 31.9. The van der Waals surface area contributed by atoms with Crippen molar-refractivity contribution in [3.63, 3.8) is 0 Å². The molecule has 2 aromatic heterocycles. The fourth-order valence-electron chi connectivity index (χ4n) is 3.80. The molecule has 2 aromatic rings. The lowest BCUT2D eigenvalue weighted by molar-refractivity contribution is -0.0670. The van der Waals surface area contributed by atoms with Crippen LogP contribution in [-0.4, -0.2) is 51.0 Å². The van der Waals surface area contributed by atoms with Gasteiger partial charge in [-0.15, -0.1) is 0 Å². The number of nitrogens with zero attached hydrogens (tertiary/aromatic N) is 2. The van der Waals surface area contributed by atoms with Crippen LogP contribution in [0.15, 0.2) is 9.59 Å². The molecule has 2 aliphatic heterocycles. The van der Waals surface area contributed by atoms with Crippen molar-refractivity contribution in [3.05, 3.63) is 20.0 Å². The number of hydrogen-bond donors (Lipinski definition) is 4. The van der Waals surface area contributed by atoms with Crippen molar-refractivity contribution in [1.29, 1.82) is 0 Å². The number of ether oxygens (including phenoxy) is 1. The van der Waals surface area contributed by atoms with E-state index in [0.29, 0.717) is 42.2 Å². The molecule has 142 valence electrons. The normalized spacial score (nSPS) is 30.0. The second kappa shape index (κ2) is 6.76. The number of aliphatic hydroxyl groups excluding tert-OH is 1. The molecule has 4 rings (SSSR count). The third-order valence-electron chi connectivity index (χ3n) is 5.29. The van der Waals surface area contributed by atoms with E-state index in [0.717, 1.165) is 11.3 Å². The van der Waals surface area contributed by atoms with Crippen LogP contribution >= 0.6 is 11.3 Å². The third-order valence-corrected chi connectivity index (χ3v) is 6.23. The van der Waals surface area contributed by atoms with Crippen LogP contribution in [-0.2, 0) is 4.74 Å². The lowest BCUT2D eigenvalue weighted by Gasteiger charge is -2.25. The molecule has 1 fully saturated rings. The number of thiazole rings is 1. The summed E-state index contributed by atoms with van der Waals surface area (Å²) >= 11 is 0.877. The van der Waals surface area contributed by atoms with Crippen molar-refractivity contribution in [1.82, 2.24) is 19.9 Å². The molecule has 10 heteroatoms. The molecule has 0 aliphatic carbocycles. The highest BCUT2D eigenvalue weighted by Crippen LogP contribution is 2.39. The van der Waals surface area contributed by atoms with Gasteiger partial charge in [0.15, 0.2) is 5.65 Å². The Morgan fingerprint density at radius 1 is 1.42 bits per heavy atom. The molecule has 5 atom stereocenters. The predicted octanol–water partition coefficient (Wildman–Crippen LogP) is 0.225. The Balaban J connectivity index is 1.88. The van der Waals surface area contributed by atoms with Crippen LogP contribution in [0.25, 0.3) is 10.3 Å². The number of hydrogen-bond acceptors (Lipinski definition) is 8. The lowest BCUT2D eigenvalue weighted by Crippen LogP contribution is -2.39. The van der Waals surface area contributed by atoms with Gasteiger partial charge in [0.25, 0.3) is 5.56 Å². The maximum Gasteiger partial charge on any atom is 0.311 e. The van der Waals surface area contributed by atoms with E-state index in [1.54, 1.807) is 0 Å². The van der Waals surface area contributed by atoms with E-state index >= 15 is 0 Å². The molecule has 0 amide bonds. The van der Waals surface area contributed by atoms with E-state index in [4.69, 9.17) is 4.74 Å². The minimum absolute atomic E-state index is 0.0145. The molecular weight excluding hydrogens is 358 g/mol. The highest BCUT2D eigenvalue weighted by molar-refractivity contribution is 7.16. The van der Waals surface area contributed by atoms with Gasteiger partial charge in [-0.1, -0.05) is 18.3 Å². The van der Waals surface area contributed by atoms with Crippen molar-refractivity contribution in [2.45, 2.75) is 51.2 Å². The van der Waals surface area contributed by atoms with Crippen LogP contribution in [0.3, 0.4) is 0 Å². The van der Waals surface area contributed by atoms with Crippen LogP contribution in [0.1, 0.15) is 32.9 Å². The van der Waals surface area contributed by atoms with Crippen LogP contribution in [0.4, 0.5) is 5.95 Å². The molecule has 0 aromatic carbocycles. The number of rotatable bonds is 2. The van der Waals surface area contributed by atoms with Gasteiger partial charge < -0.3 is 20.5 Å². The monoisotopic (exact) mass is 381 g/mol. The van der Waals surface area contributed by atoms with Gasteiger partial charge in [-0.3, -0.25) is 19.1 Å². The number of H-pyrrole nitrogens is 1. The van der Waals surface area contributed by atoms with Gasteiger partial charge in [-0.2, -0.15) is 4.98 Å². The number of nitrogens with one attached hydrogen (secondary N) is 3. The van der Waals surface area contributed by atoms with Crippen molar-refractivity contribution < 1.29 is 9.84 Å². The average molecular weight is 381 g/mol. The SMILES string of the molecule is CC[C@H](O)[C@@H]1C[C@@H]2[C@@H](O1)n1c(=O)sc3c(=O)[nH]c(nc31)NCCN[C@@H]2C. The highest BCUT2D eigenvalue weighted by Gasteiger charge is 2.43. The molecule has 1 saturated heterocycles. The van der Waals surface area contributed by atoms with Crippen LogP contribution in [0.2, 0.25) is 0 Å². The summed E-state index contributed by atoms with van der Waals surface area (Å²) in [5, 5.41) is 16.8. The first-order valence-electron chi connectivity index (χ1n) is 8.95. The van der Waals surface area contributed by atoms with Crippen LogP contribution in [0.5, 0.6) is 0 Å². The number of aliphatic hydroxyl groups is 1. The van der Waals surface area contributed by atoms with Crippen molar-refractivity contribution >= 4 is 27.6 Å². The van der Waals surface area contributed by atoms with E-state index in [-0.39, 0.29) is 28.5 Å². The first-order chi connectivity index (χ1) is 12.5. The van der Waals surface area contributed by atoms with Gasteiger partial charge in [0.1, 0.15) is 10.9 Å². The predicted molar refractivity (Wildman–Crippen MR) is 98.8 cm³/mol. The van der Waals surface area contributed by atoms with Crippen LogP contribution in [0, 0.1) is 5.92 Å². The molecule has 2 aliphatic rings. The van der Waals surface area contributed by atoms with Crippen molar-refractivity contribution in [2.75, 3.05) is 18.4 Å². The number of aromatic nitrogens is 3. The summed E-state index contributed by atoms with van der Waals surface area (Å²) in [6, 6.07) is 0.0740. The zero-order chi connectivity index (χ0) is 18.4.